The molecular weight excluding hydrogens is 324 g/mol. The van der Waals surface area contributed by atoms with Gasteiger partial charge in [0.05, 0.1) is 21.3 Å². The average molecular weight is 346 g/mol. The summed E-state index contributed by atoms with van der Waals surface area (Å²) in [5.74, 6) is 1.52. The third-order valence-electron chi connectivity index (χ3n) is 3.66. The van der Waals surface area contributed by atoms with Crippen LogP contribution in [0.5, 0.6) is 23.0 Å². The molecule has 6 nitrogen and oxygen atoms in total. The van der Waals surface area contributed by atoms with Crippen molar-refractivity contribution in [3.8, 4) is 23.0 Å². The maximum atomic E-state index is 10.7. The Morgan fingerprint density at radius 3 is 2.20 bits per heavy atom. The van der Waals surface area contributed by atoms with Crippen molar-refractivity contribution in [3.63, 3.8) is 0 Å². The molecule has 0 aromatic heterocycles. The summed E-state index contributed by atoms with van der Waals surface area (Å²) in [6.45, 7) is 0.319. The second-order valence-corrected chi connectivity index (χ2v) is 5.36. The van der Waals surface area contributed by atoms with E-state index >= 15 is 0 Å². The minimum absolute atomic E-state index is 0.0936. The molecule has 0 unspecified atom stereocenters. The van der Waals surface area contributed by atoms with E-state index in [1.165, 1.54) is 0 Å². The molecule has 134 valence electrons. The van der Waals surface area contributed by atoms with Gasteiger partial charge in [0.1, 0.15) is 12.4 Å². The first-order valence-electron chi connectivity index (χ1n) is 7.79. The number of rotatable bonds is 9. The molecule has 0 saturated heterocycles. The predicted octanol–water partition coefficient (Wildman–Crippen LogP) is 3.31. The second kappa shape index (κ2) is 8.82. The number of aliphatic carboxylic acids is 1. The molecule has 0 radical (unpaired) electrons. The number of carboxylic acid groups (broad SMARTS) is 1. The van der Waals surface area contributed by atoms with Gasteiger partial charge in [0, 0.05) is 6.42 Å². The Morgan fingerprint density at radius 1 is 0.960 bits per heavy atom. The average Bonchev–Trinajstić information content (AvgIpc) is 2.64. The molecule has 2 aromatic carbocycles. The van der Waals surface area contributed by atoms with E-state index in [0.29, 0.717) is 36.0 Å². The molecule has 0 atom stereocenters. The van der Waals surface area contributed by atoms with Crippen molar-refractivity contribution in [3.05, 3.63) is 47.5 Å². The van der Waals surface area contributed by atoms with Crippen molar-refractivity contribution in [1.82, 2.24) is 0 Å². The van der Waals surface area contributed by atoms with Crippen LogP contribution in [0.15, 0.2) is 36.4 Å². The van der Waals surface area contributed by atoms with E-state index in [4.69, 9.17) is 24.1 Å². The Hall–Kier alpha value is -2.89. The first kappa shape index (κ1) is 18.4. The number of carboxylic acids is 1. The quantitative estimate of drug-likeness (QED) is 0.751. The number of aryl methyl sites for hydroxylation is 1. The number of methoxy groups -OCH3 is 3. The second-order valence-electron chi connectivity index (χ2n) is 5.36. The molecule has 25 heavy (non-hydrogen) atoms. The lowest BCUT2D eigenvalue weighted by molar-refractivity contribution is -0.136. The molecule has 6 heteroatoms. The number of benzene rings is 2. The van der Waals surface area contributed by atoms with Gasteiger partial charge in [-0.15, -0.1) is 0 Å². The van der Waals surface area contributed by atoms with Crippen LogP contribution in [0.3, 0.4) is 0 Å². The summed E-state index contributed by atoms with van der Waals surface area (Å²) in [6, 6.07) is 11.1. The van der Waals surface area contributed by atoms with Crippen molar-refractivity contribution >= 4 is 5.97 Å². The van der Waals surface area contributed by atoms with Gasteiger partial charge >= 0.3 is 5.97 Å². The fourth-order valence-corrected chi connectivity index (χ4v) is 2.43. The van der Waals surface area contributed by atoms with Crippen LogP contribution < -0.4 is 18.9 Å². The summed E-state index contributed by atoms with van der Waals surface area (Å²) in [6.07, 6.45) is 0.563. The molecule has 0 heterocycles. The topological polar surface area (TPSA) is 74.2 Å². The number of carbonyl (C=O) groups is 1. The standard InChI is InChI=1S/C19H22O6/c1-22-16-10-14(11-17(23-2)19(16)24-3)12-25-15-6-4-5-13(9-15)7-8-18(20)21/h4-6,9-11H,7-8,12H2,1-3H3,(H,20,21). The third-order valence-corrected chi connectivity index (χ3v) is 3.66. The van der Waals surface area contributed by atoms with Gasteiger partial charge in [-0.05, 0) is 41.8 Å². The highest BCUT2D eigenvalue weighted by Crippen LogP contribution is 2.38. The number of hydrogen-bond donors (Lipinski definition) is 1. The Labute approximate surface area is 146 Å². The van der Waals surface area contributed by atoms with E-state index < -0.39 is 5.97 Å². The first-order chi connectivity index (χ1) is 12.1. The van der Waals surface area contributed by atoms with Crippen LogP contribution in [0, 0.1) is 0 Å². The SMILES string of the molecule is COc1cc(COc2cccc(CCC(=O)O)c2)cc(OC)c1OC. The summed E-state index contributed by atoms with van der Waals surface area (Å²) in [5.41, 5.74) is 1.79. The Bertz CT molecular complexity index is 701. The van der Waals surface area contributed by atoms with Crippen molar-refractivity contribution in [2.45, 2.75) is 19.4 Å². The van der Waals surface area contributed by atoms with Crippen LogP contribution in [0.25, 0.3) is 0 Å². The lowest BCUT2D eigenvalue weighted by Crippen LogP contribution is -2.01. The van der Waals surface area contributed by atoms with Gasteiger partial charge in [0.2, 0.25) is 5.75 Å². The van der Waals surface area contributed by atoms with Crippen LogP contribution in [0.1, 0.15) is 17.5 Å². The van der Waals surface area contributed by atoms with E-state index in [9.17, 15) is 4.79 Å². The third kappa shape index (κ3) is 5.04. The predicted molar refractivity (Wildman–Crippen MR) is 92.8 cm³/mol. The molecule has 1 N–H and O–H groups in total. The van der Waals surface area contributed by atoms with Crippen molar-refractivity contribution < 1.29 is 28.8 Å². The Kier molecular flexibility index (Phi) is 6.51. The molecule has 0 saturated carbocycles. The monoisotopic (exact) mass is 346 g/mol. The van der Waals surface area contributed by atoms with Crippen LogP contribution in [-0.2, 0) is 17.8 Å². The maximum Gasteiger partial charge on any atom is 0.303 e. The number of ether oxygens (including phenoxy) is 4. The molecule has 0 aliphatic rings. The first-order valence-corrected chi connectivity index (χ1v) is 7.79. The van der Waals surface area contributed by atoms with Crippen molar-refractivity contribution in [2.24, 2.45) is 0 Å². The normalized spacial score (nSPS) is 10.2. The van der Waals surface area contributed by atoms with Crippen LogP contribution in [0.2, 0.25) is 0 Å². The minimum Gasteiger partial charge on any atom is -0.493 e. The summed E-state index contributed by atoms with van der Waals surface area (Å²) in [5, 5.41) is 8.77. The highest BCUT2D eigenvalue weighted by atomic mass is 16.5. The Morgan fingerprint density at radius 2 is 1.64 bits per heavy atom. The molecule has 2 aromatic rings. The van der Waals surface area contributed by atoms with Crippen molar-refractivity contribution in [2.75, 3.05) is 21.3 Å². The fraction of sp³-hybridized carbons (Fsp3) is 0.316. The summed E-state index contributed by atoms with van der Waals surface area (Å²) < 4.78 is 21.8. The smallest absolute Gasteiger partial charge is 0.303 e. The molecule has 0 bridgehead atoms. The van der Waals surface area contributed by atoms with Gasteiger partial charge in [-0.3, -0.25) is 4.79 Å². The zero-order chi connectivity index (χ0) is 18.2. The van der Waals surface area contributed by atoms with E-state index in [2.05, 4.69) is 0 Å². The minimum atomic E-state index is -0.816. The Balaban J connectivity index is 2.10. The largest absolute Gasteiger partial charge is 0.493 e. The maximum absolute atomic E-state index is 10.7. The van der Waals surface area contributed by atoms with Gasteiger partial charge < -0.3 is 24.1 Å². The summed E-state index contributed by atoms with van der Waals surface area (Å²) in [4.78, 5) is 10.7. The summed E-state index contributed by atoms with van der Waals surface area (Å²) >= 11 is 0. The van der Waals surface area contributed by atoms with E-state index in [1.54, 1.807) is 21.3 Å². The molecule has 0 fully saturated rings. The highest BCUT2D eigenvalue weighted by molar-refractivity contribution is 5.67. The highest BCUT2D eigenvalue weighted by Gasteiger charge is 2.13. The van der Waals surface area contributed by atoms with Crippen molar-refractivity contribution in [1.29, 1.82) is 0 Å². The van der Waals surface area contributed by atoms with Gasteiger partial charge in [-0.1, -0.05) is 12.1 Å². The molecule has 2 rings (SSSR count). The van der Waals surface area contributed by atoms with Crippen LogP contribution in [0.4, 0.5) is 0 Å². The fourth-order valence-electron chi connectivity index (χ4n) is 2.43. The zero-order valence-corrected chi connectivity index (χ0v) is 14.6. The summed E-state index contributed by atoms with van der Waals surface area (Å²) in [7, 11) is 4.68. The molecular formula is C19H22O6. The van der Waals surface area contributed by atoms with E-state index in [-0.39, 0.29) is 6.42 Å². The lowest BCUT2D eigenvalue weighted by atomic mass is 10.1. The number of hydrogen-bond acceptors (Lipinski definition) is 5. The van der Waals surface area contributed by atoms with Crippen LogP contribution >= 0.6 is 0 Å². The molecule has 0 amide bonds. The van der Waals surface area contributed by atoms with E-state index in [1.807, 2.05) is 36.4 Å². The van der Waals surface area contributed by atoms with Gasteiger partial charge in [0.15, 0.2) is 11.5 Å². The van der Waals surface area contributed by atoms with Gasteiger partial charge in [-0.25, -0.2) is 0 Å². The molecule has 0 aliphatic carbocycles. The van der Waals surface area contributed by atoms with Gasteiger partial charge in [0.25, 0.3) is 0 Å². The zero-order valence-electron chi connectivity index (χ0n) is 14.6. The van der Waals surface area contributed by atoms with E-state index in [0.717, 1.165) is 11.1 Å². The molecule has 0 aliphatic heterocycles. The van der Waals surface area contributed by atoms with Crippen LogP contribution in [-0.4, -0.2) is 32.4 Å². The molecule has 0 spiro atoms. The van der Waals surface area contributed by atoms with Gasteiger partial charge in [-0.2, -0.15) is 0 Å². The lowest BCUT2D eigenvalue weighted by Gasteiger charge is -2.14.